The van der Waals surface area contributed by atoms with Gasteiger partial charge in [0.2, 0.25) is 0 Å². The van der Waals surface area contributed by atoms with Crippen molar-refractivity contribution in [2.45, 2.75) is 12.8 Å². The minimum absolute atomic E-state index is 0.0796. The second-order valence-corrected chi connectivity index (χ2v) is 3.76. The van der Waals surface area contributed by atoms with E-state index in [-0.39, 0.29) is 5.78 Å². The van der Waals surface area contributed by atoms with Gasteiger partial charge in [-0.2, -0.15) is 0 Å². The Labute approximate surface area is 92.9 Å². The molecule has 80 valence electrons. The first-order valence-electron chi connectivity index (χ1n) is 4.65. The number of fused-ring (bicyclic) bond motifs is 1. The van der Waals surface area contributed by atoms with Gasteiger partial charge in [0.15, 0.2) is 17.3 Å². The van der Waals surface area contributed by atoms with E-state index in [0.717, 1.165) is 12.0 Å². The molecule has 0 amide bonds. The molecule has 0 saturated carbocycles. The van der Waals surface area contributed by atoms with Crippen molar-refractivity contribution in [2.24, 2.45) is 0 Å². The molecule has 0 aromatic heterocycles. The third-order valence-electron chi connectivity index (χ3n) is 2.59. The topological polar surface area (TPSA) is 35.5 Å². The Morgan fingerprint density at radius 3 is 2.60 bits per heavy atom. The van der Waals surface area contributed by atoms with Crippen molar-refractivity contribution in [1.29, 1.82) is 0 Å². The fourth-order valence-electron chi connectivity index (χ4n) is 1.87. The molecule has 0 spiro atoms. The third-order valence-corrected chi connectivity index (χ3v) is 2.95. The molecule has 0 unspecified atom stereocenters. The Morgan fingerprint density at radius 2 is 2.00 bits per heavy atom. The standard InChI is InChI=1S/C11H11ClO3/c1-14-8-5-6-3-4-7(13)9(6)10(12)11(8)15-2/h5H,3-4H2,1-2H3. The summed E-state index contributed by atoms with van der Waals surface area (Å²) in [4.78, 5) is 11.6. The molecule has 0 fully saturated rings. The molecule has 1 aromatic rings. The summed E-state index contributed by atoms with van der Waals surface area (Å²) < 4.78 is 10.3. The highest BCUT2D eigenvalue weighted by molar-refractivity contribution is 6.36. The number of carbonyl (C=O) groups is 1. The lowest BCUT2D eigenvalue weighted by Crippen LogP contribution is -1.98. The number of hydrogen-bond acceptors (Lipinski definition) is 3. The van der Waals surface area contributed by atoms with Gasteiger partial charge in [0, 0.05) is 12.0 Å². The normalized spacial score (nSPS) is 13.9. The molecule has 0 aliphatic heterocycles. The van der Waals surface area contributed by atoms with Crippen LogP contribution in [0.25, 0.3) is 0 Å². The van der Waals surface area contributed by atoms with E-state index >= 15 is 0 Å². The molecule has 15 heavy (non-hydrogen) atoms. The van der Waals surface area contributed by atoms with Crippen molar-refractivity contribution in [3.63, 3.8) is 0 Å². The Morgan fingerprint density at radius 1 is 1.27 bits per heavy atom. The predicted octanol–water partition coefficient (Wildman–Crippen LogP) is 2.49. The van der Waals surface area contributed by atoms with Crippen LogP contribution in [0, 0.1) is 0 Å². The SMILES string of the molecule is COc1cc2c(c(Cl)c1OC)C(=O)CC2. The van der Waals surface area contributed by atoms with Crippen molar-refractivity contribution >= 4 is 17.4 Å². The molecule has 1 aromatic carbocycles. The van der Waals surface area contributed by atoms with Gasteiger partial charge in [-0.25, -0.2) is 0 Å². The van der Waals surface area contributed by atoms with Crippen molar-refractivity contribution in [3.05, 3.63) is 22.2 Å². The van der Waals surface area contributed by atoms with Crippen LogP contribution in [0.4, 0.5) is 0 Å². The average Bonchev–Trinajstić information content (AvgIpc) is 2.60. The Balaban J connectivity index is 2.67. The fourth-order valence-corrected chi connectivity index (χ4v) is 2.27. The zero-order valence-electron chi connectivity index (χ0n) is 8.59. The van der Waals surface area contributed by atoms with Crippen molar-refractivity contribution in [1.82, 2.24) is 0 Å². The van der Waals surface area contributed by atoms with Crippen LogP contribution in [0.3, 0.4) is 0 Å². The maximum Gasteiger partial charge on any atom is 0.180 e. The first-order chi connectivity index (χ1) is 7.19. The van der Waals surface area contributed by atoms with Crippen molar-refractivity contribution < 1.29 is 14.3 Å². The van der Waals surface area contributed by atoms with Crippen LogP contribution < -0.4 is 9.47 Å². The zero-order chi connectivity index (χ0) is 11.0. The second kappa shape index (κ2) is 3.74. The third kappa shape index (κ3) is 1.47. The van der Waals surface area contributed by atoms with E-state index in [1.165, 1.54) is 7.11 Å². The first kappa shape index (κ1) is 10.3. The van der Waals surface area contributed by atoms with Crippen LogP contribution in [0.2, 0.25) is 5.02 Å². The molecule has 2 rings (SSSR count). The smallest absolute Gasteiger partial charge is 0.180 e. The zero-order valence-corrected chi connectivity index (χ0v) is 9.35. The molecule has 0 N–H and O–H groups in total. The fraction of sp³-hybridized carbons (Fsp3) is 0.364. The monoisotopic (exact) mass is 226 g/mol. The van der Waals surface area contributed by atoms with Crippen LogP contribution in [0.1, 0.15) is 22.3 Å². The number of methoxy groups -OCH3 is 2. The summed E-state index contributed by atoms with van der Waals surface area (Å²) in [6.07, 6.45) is 1.25. The number of aryl methyl sites for hydroxylation is 1. The van der Waals surface area contributed by atoms with Gasteiger partial charge >= 0.3 is 0 Å². The molecular formula is C11H11ClO3. The highest BCUT2D eigenvalue weighted by Crippen LogP contribution is 2.42. The van der Waals surface area contributed by atoms with Crippen molar-refractivity contribution in [2.75, 3.05) is 14.2 Å². The van der Waals surface area contributed by atoms with Gasteiger partial charge in [-0.1, -0.05) is 11.6 Å². The number of rotatable bonds is 2. The number of benzene rings is 1. The van der Waals surface area contributed by atoms with Gasteiger partial charge in [-0.05, 0) is 18.1 Å². The van der Waals surface area contributed by atoms with Crippen LogP contribution in [-0.4, -0.2) is 20.0 Å². The molecule has 0 heterocycles. The Bertz CT molecular complexity index is 426. The van der Waals surface area contributed by atoms with Crippen LogP contribution in [0.5, 0.6) is 11.5 Å². The van der Waals surface area contributed by atoms with E-state index in [0.29, 0.717) is 28.5 Å². The van der Waals surface area contributed by atoms with E-state index in [9.17, 15) is 4.79 Å². The van der Waals surface area contributed by atoms with Gasteiger partial charge in [0.1, 0.15) is 0 Å². The van der Waals surface area contributed by atoms with E-state index in [2.05, 4.69) is 0 Å². The Kier molecular flexibility index (Phi) is 2.57. The minimum atomic E-state index is 0.0796. The number of Topliss-reactive ketones (excluding diaryl/α,β-unsaturated/α-hetero) is 1. The van der Waals surface area contributed by atoms with Gasteiger partial charge in [-0.3, -0.25) is 4.79 Å². The van der Waals surface area contributed by atoms with E-state index < -0.39 is 0 Å². The lowest BCUT2D eigenvalue weighted by Gasteiger charge is -2.12. The molecule has 0 saturated heterocycles. The summed E-state index contributed by atoms with van der Waals surface area (Å²) in [5.41, 5.74) is 1.54. The van der Waals surface area contributed by atoms with Crippen LogP contribution in [0.15, 0.2) is 6.07 Å². The molecule has 3 nitrogen and oxygen atoms in total. The molecule has 4 heteroatoms. The van der Waals surface area contributed by atoms with E-state index in [4.69, 9.17) is 21.1 Å². The molecular weight excluding hydrogens is 216 g/mol. The van der Waals surface area contributed by atoms with E-state index in [1.54, 1.807) is 7.11 Å². The van der Waals surface area contributed by atoms with Gasteiger partial charge < -0.3 is 9.47 Å². The number of hydrogen-bond donors (Lipinski definition) is 0. The molecule has 1 aliphatic rings. The maximum atomic E-state index is 11.6. The van der Waals surface area contributed by atoms with Crippen LogP contribution >= 0.6 is 11.6 Å². The summed E-state index contributed by atoms with van der Waals surface area (Å²) in [5, 5.41) is 0.370. The number of halogens is 1. The second-order valence-electron chi connectivity index (χ2n) is 3.38. The summed E-state index contributed by atoms with van der Waals surface area (Å²) in [5.74, 6) is 1.10. The largest absolute Gasteiger partial charge is 0.493 e. The van der Waals surface area contributed by atoms with Crippen molar-refractivity contribution in [3.8, 4) is 11.5 Å². The number of carbonyl (C=O) groups excluding carboxylic acids is 1. The highest BCUT2D eigenvalue weighted by Gasteiger charge is 2.27. The van der Waals surface area contributed by atoms with Gasteiger partial charge in [-0.15, -0.1) is 0 Å². The molecule has 0 radical (unpaired) electrons. The molecule has 0 atom stereocenters. The number of ketones is 1. The molecule has 0 bridgehead atoms. The maximum absolute atomic E-state index is 11.6. The summed E-state index contributed by atoms with van der Waals surface area (Å²) in [6.45, 7) is 0. The van der Waals surface area contributed by atoms with Gasteiger partial charge in [0.25, 0.3) is 0 Å². The average molecular weight is 227 g/mol. The van der Waals surface area contributed by atoms with Gasteiger partial charge in [0.05, 0.1) is 19.2 Å². The summed E-state index contributed by atoms with van der Waals surface area (Å²) in [6, 6.07) is 1.82. The minimum Gasteiger partial charge on any atom is -0.493 e. The molecule has 1 aliphatic carbocycles. The first-order valence-corrected chi connectivity index (χ1v) is 5.03. The number of ether oxygens (including phenoxy) is 2. The quantitative estimate of drug-likeness (QED) is 0.777. The predicted molar refractivity (Wildman–Crippen MR) is 57.2 cm³/mol. The van der Waals surface area contributed by atoms with Crippen LogP contribution in [-0.2, 0) is 6.42 Å². The Hall–Kier alpha value is -1.22. The van der Waals surface area contributed by atoms with E-state index in [1.807, 2.05) is 6.07 Å². The lowest BCUT2D eigenvalue weighted by molar-refractivity contribution is 0.0994. The summed E-state index contributed by atoms with van der Waals surface area (Å²) in [7, 11) is 3.06. The highest BCUT2D eigenvalue weighted by atomic mass is 35.5. The lowest BCUT2D eigenvalue weighted by atomic mass is 10.1. The summed E-state index contributed by atoms with van der Waals surface area (Å²) >= 11 is 6.11.